The Morgan fingerprint density at radius 3 is 2.62 bits per heavy atom. The van der Waals surface area contributed by atoms with Crippen molar-refractivity contribution >= 4 is 38.6 Å². The van der Waals surface area contributed by atoms with E-state index in [9.17, 15) is 13.2 Å². The number of benzene rings is 1. The normalized spacial score (nSPS) is 11.5. The number of sulfonamides is 1. The third-order valence-electron chi connectivity index (χ3n) is 2.71. The number of carbonyl (C=O) groups is 1. The van der Waals surface area contributed by atoms with E-state index in [1.165, 1.54) is 12.1 Å². The summed E-state index contributed by atoms with van der Waals surface area (Å²) in [5, 5.41) is 9.03. The van der Waals surface area contributed by atoms with E-state index in [1.54, 1.807) is 19.1 Å². The highest BCUT2D eigenvalue weighted by Crippen LogP contribution is 2.18. The zero-order valence-corrected chi connectivity index (χ0v) is 13.9. The quantitative estimate of drug-likeness (QED) is 0.723. The largest absolute Gasteiger partial charge is 0.478 e. The summed E-state index contributed by atoms with van der Waals surface area (Å²) >= 11 is 1.84. The van der Waals surface area contributed by atoms with Gasteiger partial charge in [0.15, 0.2) is 0 Å². The van der Waals surface area contributed by atoms with Gasteiger partial charge >= 0.3 is 5.97 Å². The molecule has 6 nitrogen and oxygen atoms in total. The smallest absolute Gasteiger partial charge is 0.336 e. The van der Waals surface area contributed by atoms with Crippen LogP contribution in [0, 0.1) is 10.5 Å². The molecular formula is C13H12INO5S. The highest BCUT2D eigenvalue weighted by molar-refractivity contribution is 14.1. The SMILES string of the molecule is Cc1ccc(CNS(=O)(=O)c2ccc(I)c(C(=O)O)c2)o1. The molecule has 0 amide bonds. The monoisotopic (exact) mass is 421 g/mol. The van der Waals surface area contributed by atoms with E-state index < -0.39 is 16.0 Å². The molecule has 8 heteroatoms. The summed E-state index contributed by atoms with van der Waals surface area (Å²) < 4.78 is 32.4. The van der Waals surface area contributed by atoms with Gasteiger partial charge in [0.05, 0.1) is 17.0 Å². The van der Waals surface area contributed by atoms with E-state index in [-0.39, 0.29) is 17.0 Å². The van der Waals surface area contributed by atoms with Crippen molar-refractivity contribution in [3.05, 3.63) is 51.0 Å². The molecule has 21 heavy (non-hydrogen) atoms. The van der Waals surface area contributed by atoms with E-state index in [2.05, 4.69) is 4.72 Å². The minimum atomic E-state index is -3.80. The summed E-state index contributed by atoms with van der Waals surface area (Å²) in [4.78, 5) is 11.0. The molecular weight excluding hydrogens is 409 g/mol. The van der Waals surface area contributed by atoms with Crippen LogP contribution >= 0.6 is 22.6 Å². The molecule has 0 saturated carbocycles. The lowest BCUT2D eigenvalue weighted by Gasteiger charge is -2.07. The molecule has 0 aliphatic carbocycles. The fourth-order valence-corrected chi connectivity index (χ4v) is 3.25. The molecule has 0 aliphatic heterocycles. The van der Waals surface area contributed by atoms with Crippen LogP contribution < -0.4 is 4.72 Å². The first-order valence-electron chi connectivity index (χ1n) is 5.87. The van der Waals surface area contributed by atoms with Crippen molar-refractivity contribution < 1.29 is 22.7 Å². The molecule has 0 aliphatic rings. The molecule has 0 radical (unpaired) electrons. The number of hydrogen-bond acceptors (Lipinski definition) is 4. The molecule has 1 aromatic heterocycles. The fraction of sp³-hybridized carbons (Fsp3) is 0.154. The van der Waals surface area contributed by atoms with Gasteiger partial charge in [-0.2, -0.15) is 0 Å². The van der Waals surface area contributed by atoms with Gasteiger partial charge in [-0.25, -0.2) is 17.9 Å². The predicted molar refractivity (Wildman–Crippen MR) is 83.6 cm³/mol. The van der Waals surface area contributed by atoms with Crippen molar-refractivity contribution in [2.45, 2.75) is 18.4 Å². The van der Waals surface area contributed by atoms with E-state index in [0.717, 1.165) is 6.07 Å². The first-order chi connectivity index (χ1) is 9.79. The maximum absolute atomic E-state index is 12.2. The van der Waals surface area contributed by atoms with Crippen molar-refractivity contribution in [2.24, 2.45) is 0 Å². The lowest BCUT2D eigenvalue weighted by molar-refractivity contribution is 0.0695. The Balaban J connectivity index is 2.23. The van der Waals surface area contributed by atoms with Gasteiger partial charge in [0.2, 0.25) is 10.0 Å². The third kappa shape index (κ3) is 3.83. The van der Waals surface area contributed by atoms with Crippen molar-refractivity contribution in [2.75, 3.05) is 0 Å². The van der Waals surface area contributed by atoms with Crippen molar-refractivity contribution in [1.82, 2.24) is 4.72 Å². The zero-order valence-electron chi connectivity index (χ0n) is 11.0. The van der Waals surface area contributed by atoms with Crippen LogP contribution in [0.1, 0.15) is 21.9 Å². The van der Waals surface area contributed by atoms with Gasteiger partial charge in [0, 0.05) is 3.57 Å². The van der Waals surface area contributed by atoms with Gasteiger partial charge in [-0.1, -0.05) is 0 Å². The lowest BCUT2D eigenvalue weighted by Crippen LogP contribution is -2.23. The summed E-state index contributed by atoms with van der Waals surface area (Å²) in [5.74, 6) is 0.00443. The molecule has 2 rings (SSSR count). The topological polar surface area (TPSA) is 96.6 Å². The number of halogens is 1. The second-order valence-electron chi connectivity index (χ2n) is 4.28. The van der Waals surface area contributed by atoms with Crippen molar-refractivity contribution in [3.63, 3.8) is 0 Å². The first-order valence-corrected chi connectivity index (χ1v) is 8.43. The number of hydrogen-bond donors (Lipinski definition) is 2. The Morgan fingerprint density at radius 2 is 2.05 bits per heavy atom. The predicted octanol–water partition coefficient (Wildman–Crippen LogP) is 2.37. The van der Waals surface area contributed by atoms with Gasteiger partial charge in [0.25, 0.3) is 0 Å². The standard InChI is InChI=1S/C13H12INO5S/c1-8-2-3-9(20-8)7-15-21(18,19)10-4-5-12(14)11(6-10)13(16)17/h2-6,15H,7H2,1H3,(H,16,17). The Morgan fingerprint density at radius 1 is 1.33 bits per heavy atom. The third-order valence-corrected chi connectivity index (χ3v) is 5.05. The average Bonchev–Trinajstić information content (AvgIpc) is 2.82. The molecule has 1 aromatic carbocycles. The van der Waals surface area contributed by atoms with Crippen LogP contribution in [0.3, 0.4) is 0 Å². The second-order valence-corrected chi connectivity index (χ2v) is 7.21. The highest BCUT2D eigenvalue weighted by Gasteiger charge is 2.18. The van der Waals surface area contributed by atoms with Crippen LogP contribution in [0.25, 0.3) is 0 Å². The average molecular weight is 421 g/mol. The summed E-state index contributed by atoms with van der Waals surface area (Å²) in [7, 11) is -3.80. The molecule has 0 saturated heterocycles. The summed E-state index contributed by atoms with van der Waals surface area (Å²) in [6.45, 7) is 1.76. The molecule has 0 bridgehead atoms. The summed E-state index contributed by atoms with van der Waals surface area (Å²) in [5.41, 5.74) is -0.0488. The Kier molecular flexibility index (Phi) is 4.69. The van der Waals surface area contributed by atoms with Crippen LogP contribution in [0.15, 0.2) is 39.6 Å². The van der Waals surface area contributed by atoms with Crippen LogP contribution in [-0.2, 0) is 16.6 Å². The van der Waals surface area contributed by atoms with E-state index in [1.807, 2.05) is 22.6 Å². The number of carboxylic acids is 1. The maximum Gasteiger partial charge on any atom is 0.336 e. The Labute approximate surface area is 135 Å². The fourth-order valence-electron chi connectivity index (χ4n) is 1.67. The molecule has 0 spiro atoms. The molecule has 2 aromatic rings. The Hall–Kier alpha value is -1.39. The van der Waals surface area contributed by atoms with Gasteiger partial charge < -0.3 is 9.52 Å². The molecule has 0 fully saturated rings. The van der Waals surface area contributed by atoms with Crippen molar-refractivity contribution in [3.8, 4) is 0 Å². The number of aromatic carboxylic acids is 1. The maximum atomic E-state index is 12.2. The molecule has 0 unspecified atom stereocenters. The van der Waals surface area contributed by atoms with Gasteiger partial charge in [0.1, 0.15) is 11.5 Å². The number of nitrogens with one attached hydrogen (secondary N) is 1. The van der Waals surface area contributed by atoms with Crippen LogP contribution in [0.2, 0.25) is 0 Å². The van der Waals surface area contributed by atoms with Gasteiger partial charge in [-0.15, -0.1) is 0 Å². The van der Waals surface area contributed by atoms with E-state index in [4.69, 9.17) is 9.52 Å². The van der Waals surface area contributed by atoms with E-state index >= 15 is 0 Å². The van der Waals surface area contributed by atoms with Gasteiger partial charge in [-0.05, 0) is 59.8 Å². The second kappa shape index (κ2) is 6.16. The highest BCUT2D eigenvalue weighted by atomic mass is 127. The minimum Gasteiger partial charge on any atom is -0.478 e. The Bertz CT molecular complexity index is 782. The molecule has 2 N–H and O–H groups in total. The van der Waals surface area contributed by atoms with E-state index in [0.29, 0.717) is 15.1 Å². The summed E-state index contributed by atoms with van der Waals surface area (Å²) in [6, 6.07) is 7.37. The lowest BCUT2D eigenvalue weighted by atomic mass is 10.2. The van der Waals surface area contributed by atoms with Crippen LogP contribution in [-0.4, -0.2) is 19.5 Å². The van der Waals surface area contributed by atoms with Crippen LogP contribution in [0.5, 0.6) is 0 Å². The minimum absolute atomic E-state index is 0.00453. The van der Waals surface area contributed by atoms with Crippen LogP contribution in [0.4, 0.5) is 0 Å². The number of furan rings is 1. The number of rotatable bonds is 5. The molecule has 112 valence electrons. The number of carboxylic acid groups (broad SMARTS) is 1. The first kappa shape index (κ1) is 16.0. The van der Waals surface area contributed by atoms with Crippen molar-refractivity contribution in [1.29, 1.82) is 0 Å². The van der Waals surface area contributed by atoms with Gasteiger partial charge in [-0.3, -0.25) is 0 Å². The molecule has 1 heterocycles. The molecule has 0 atom stereocenters. The summed E-state index contributed by atoms with van der Waals surface area (Å²) in [6.07, 6.45) is 0. The number of aryl methyl sites for hydroxylation is 1. The zero-order chi connectivity index (χ0) is 15.6.